The van der Waals surface area contributed by atoms with Crippen molar-refractivity contribution in [3.8, 4) is 5.75 Å². The molecule has 124 valence electrons. The van der Waals surface area contributed by atoms with Crippen LogP contribution in [0.4, 0.5) is 20.2 Å². The Morgan fingerprint density at radius 3 is 2.33 bits per heavy atom. The summed E-state index contributed by atoms with van der Waals surface area (Å²) < 4.78 is 28.5. The highest BCUT2D eigenvalue weighted by atomic mass is 32.1. The van der Waals surface area contributed by atoms with E-state index >= 15 is 0 Å². The first-order valence-electron chi connectivity index (χ1n) is 6.84. The Morgan fingerprint density at radius 2 is 1.62 bits per heavy atom. The second-order valence-electron chi connectivity index (χ2n) is 4.82. The lowest BCUT2D eigenvalue weighted by Crippen LogP contribution is -2.18. The molecule has 6 nitrogen and oxygen atoms in total. The normalized spacial score (nSPS) is 10.8. The SMILES string of the molecule is O=c1[nH]c2ccc(NC(=S)Nc3ccc(OC(F)F)cc3)cc2[nH]1. The number of halogens is 2. The topological polar surface area (TPSA) is 81.9 Å². The molecule has 24 heavy (non-hydrogen) atoms. The fourth-order valence-electron chi connectivity index (χ4n) is 2.12. The largest absolute Gasteiger partial charge is 0.435 e. The second-order valence-corrected chi connectivity index (χ2v) is 5.23. The molecule has 0 aliphatic heterocycles. The molecular weight excluding hydrogens is 338 g/mol. The number of alkyl halides is 2. The van der Waals surface area contributed by atoms with Gasteiger partial charge < -0.3 is 25.3 Å². The summed E-state index contributed by atoms with van der Waals surface area (Å²) in [5.41, 5.74) is 2.37. The summed E-state index contributed by atoms with van der Waals surface area (Å²) in [4.78, 5) is 16.5. The highest BCUT2D eigenvalue weighted by Crippen LogP contribution is 2.19. The number of benzene rings is 2. The van der Waals surface area contributed by atoms with E-state index in [0.29, 0.717) is 27.5 Å². The summed E-state index contributed by atoms with van der Waals surface area (Å²) in [5.74, 6) is 0.0660. The highest BCUT2D eigenvalue weighted by molar-refractivity contribution is 7.80. The van der Waals surface area contributed by atoms with E-state index in [9.17, 15) is 13.6 Å². The van der Waals surface area contributed by atoms with Crippen LogP contribution in [0.5, 0.6) is 5.75 Å². The standard InChI is InChI=1S/C15H12F2N4O2S/c16-13(17)23-10-4-1-8(2-5-10)18-15(24)19-9-3-6-11-12(7-9)21-14(22)20-11/h1-7,13H,(H2,18,19,24)(H2,20,21,22). The molecule has 0 atom stereocenters. The maximum atomic E-state index is 12.1. The average Bonchev–Trinajstić information content (AvgIpc) is 2.88. The molecule has 0 fully saturated rings. The minimum Gasteiger partial charge on any atom is -0.435 e. The molecule has 0 radical (unpaired) electrons. The van der Waals surface area contributed by atoms with E-state index < -0.39 is 6.61 Å². The van der Waals surface area contributed by atoms with Crippen LogP contribution in [0.15, 0.2) is 47.3 Å². The Balaban J connectivity index is 1.64. The Hall–Kier alpha value is -2.94. The van der Waals surface area contributed by atoms with Gasteiger partial charge in [-0.25, -0.2) is 4.79 Å². The second kappa shape index (κ2) is 6.67. The van der Waals surface area contributed by atoms with Crippen molar-refractivity contribution in [2.45, 2.75) is 6.61 Å². The molecule has 0 aliphatic rings. The van der Waals surface area contributed by atoms with E-state index in [-0.39, 0.29) is 11.4 Å². The average molecular weight is 350 g/mol. The van der Waals surface area contributed by atoms with Gasteiger partial charge in [-0.1, -0.05) is 0 Å². The zero-order valence-electron chi connectivity index (χ0n) is 12.1. The molecule has 2 aromatic carbocycles. The molecule has 0 saturated heterocycles. The molecule has 1 aromatic heterocycles. The number of thiocarbonyl (C=S) groups is 1. The van der Waals surface area contributed by atoms with Crippen LogP contribution in [0.3, 0.4) is 0 Å². The third-order valence-corrected chi connectivity index (χ3v) is 3.32. The molecule has 0 unspecified atom stereocenters. The fraction of sp³-hybridized carbons (Fsp3) is 0.0667. The molecule has 0 amide bonds. The number of hydrogen-bond acceptors (Lipinski definition) is 3. The van der Waals surface area contributed by atoms with Crippen molar-refractivity contribution in [3.63, 3.8) is 0 Å². The van der Waals surface area contributed by atoms with Crippen LogP contribution in [0.25, 0.3) is 11.0 Å². The maximum absolute atomic E-state index is 12.1. The Morgan fingerprint density at radius 1 is 1.00 bits per heavy atom. The lowest BCUT2D eigenvalue weighted by atomic mass is 10.3. The molecule has 9 heteroatoms. The van der Waals surface area contributed by atoms with Crippen LogP contribution >= 0.6 is 12.2 Å². The van der Waals surface area contributed by atoms with Gasteiger partial charge in [-0.15, -0.1) is 0 Å². The predicted molar refractivity (Wildman–Crippen MR) is 91.8 cm³/mol. The van der Waals surface area contributed by atoms with E-state index in [1.54, 1.807) is 30.3 Å². The number of nitrogens with one attached hydrogen (secondary N) is 4. The van der Waals surface area contributed by atoms with E-state index in [0.717, 1.165) is 0 Å². The minimum atomic E-state index is -2.86. The van der Waals surface area contributed by atoms with Gasteiger partial charge in [-0.2, -0.15) is 8.78 Å². The first-order valence-corrected chi connectivity index (χ1v) is 7.25. The number of aromatic amines is 2. The van der Waals surface area contributed by atoms with Gasteiger partial charge in [0.25, 0.3) is 0 Å². The van der Waals surface area contributed by atoms with Crippen LogP contribution in [0.2, 0.25) is 0 Å². The number of rotatable bonds is 4. The third kappa shape index (κ3) is 3.87. The van der Waals surface area contributed by atoms with E-state index in [1.165, 1.54) is 12.1 Å². The first-order chi connectivity index (χ1) is 11.5. The van der Waals surface area contributed by atoms with Crippen LogP contribution in [-0.2, 0) is 0 Å². The van der Waals surface area contributed by atoms with Gasteiger partial charge >= 0.3 is 12.3 Å². The summed E-state index contributed by atoms with van der Waals surface area (Å²) in [5, 5.41) is 6.21. The minimum absolute atomic E-state index is 0.0660. The predicted octanol–water partition coefficient (Wildman–Crippen LogP) is 3.27. The monoisotopic (exact) mass is 350 g/mol. The van der Waals surface area contributed by atoms with Gasteiger partial charge in [-0.05, 0) is 54.7 Å². The van der Waals surface area contributed by atoms with Crippen molar-refractivity contribution in [3.05, 3.63) is 52.9 Å². The van der Waals surface area contributed by atoms with Gasteiger partial charge in [0.1, 0.15) is 5.75 Å². The van der Waals surface area contributed by atoms with E-state index in [2.05, 4.69) is 25.3 Å². The summed E-state index contributed by atoms with van der Waals surface area (Å²) in [7, 11) is 0. The number of fused-ring (bicyclic) bond motifs is 1. The number of hydrogen-bond donors (Lipinski definition) is 4. The zero-order valence-corrected chi connectivity index (χ0v) is 12.9. The van der Waals surface area contributed by atoms with Crippen LogP contribution in [0.1, 0.15) is 0 Å². The number of H-pyrrole nitrogens is 2. The van der Waals surface area contributed by atoms with Gasteiger partial charge in [0.05, 0.1) is 11.0 Å². The Labute approximate surface area is 139 Å². The highest BCUT2D eigenvalue weighted by Gasteiger charge is 2.05. The molecule has 3 aromatic rings. The first kappa shape index (κ1) is 15.9. The van der Waals surface area contributed by atoms with Crippen molar-refractivity contribution in [2.75, 3.05) is 10.6 Å². The van der Waals surface area contributed by atoms with Crippen LogP contribution < -0.4 is 21.1 Å². The molecule has 1 heterocycles. The summed E-state index contributed by atoms with van der Waals surface area (Å²) in [6.07, 6.45) is 0. The van der Waals surface area contributed by atoms with E-state index in [4.69, 9.17) is 12.2 Å². The van der Waals surface area contributed by atoms with Crippen LogP contribution in [0, 0.1) is 0 Å². The van der Waals surface area contributed by atoms with Crippen molar-refractivity contribution in [1.82, 2.24) is 9.97 Å². The van der Waals surface area contributed by atoms with Gasteiger partial charge in [-0.3, -0.25) is 0 Å². The lowest BCUT2D eigenvalue weighted by molar-refractivity contribution is -0.0498. The van der Waals surface area contributed by atoms with Crippen molar-refractivity contribution in [1.29, 1.82) is 0 Å². The van der Waals surface area contributed by atoms with Crippen molar-refractivity contribution >= 4 is 39.7 Å². The molecule has 0 aliphatic carbocycles. The molecule has 0 spiro atoms. The lowest BCUT2D eigenvalue weighted by Gasteiger charge is -2.11. The Bertz CT molecular complexity index is 921. The summed E-state index contributed by atoms with van der Waals surface area (Å²) in [6.45, 7) is -2.86. The Kier molecular flexibility index (Phi) is 4.43. The number of imidazole rings is 1. The molecule has 0 saturated carbocycles. The fourth-order valence-corrected chi connectivity index (χ4v) is 2.36. The maximum Gasteiger partial charge on any atom is 0.387 e. The zero-order chi connectivity index (χ0) is 17.1. The smallest absolute Gasteiger partial charge is 0.387 e. The summed E-state index contributed by atoms with van der Waals surface area (Å²) >= 11 is 5.20. The summed E-state index contributed by atoms with van der Waals surface area (Å²) in [6, 6.07) is 11.2. The van der Waals surface area contributed by atoms with Crippen LogP contribution in [-0.4, -0.2) is 21.7 Å². The third-order valence-electron chi connectivity index (χ3n) is 3.11. The van der Waals surface area contributed by atoms with Gasteiger partial charge in [0, 0.05) is 11.4 Å². The quantitative estimate of drug-likeness (QED) is 0.543. The molecule has 3 rings (SSSR count). The molecule has 4 N–H and O–H groups in total. The number of ether oxygens (including phenoxy) is 1. The van der Waals surface area contributed by atoms with Gasteiger partial charge in [0.15, 0.2) is 5.11 Å². The number of aromatic nitrogens is 2. The molecular formula is C15H12F2N4O2S. The number of anilines is 2. The van der Waals surface area contributed by atoms with Crippen molar-refractivity contribution in [2.24, 2.45) is 0 Å². The van der Waals surface area contributed by atoms with Crippen molar-refractivity contribution < 1.29 is 13.5 Å². The molecule has 0 bridgehead atoms. The van der Waals surface area contributed by atoms with Gasteiger partial charge in [0.2, 0.25) is 0 Å². The van der Waals surface area contributed by atoms with E-state index in [1.807, 2.05) is 0 Å².